The average molecular weight is 339 g/mol. The average Bonchev–Trinajstić information content (AvgIpc) is 2.60. The zero-order valence-corrected chi connectivity index (χ0v) is 14.1. The van der Waals surface area contributed by atoms with Crippen molar-refractivity contribution in [3.8, 4) is 11.8 Å². The smallest absolute Gasteiger partial charge is 0.152 e. The molecule has 2 atom stereocenters. The Morgan fingerprint density at radius 2 is 2.00 bits per heavy atom. The van der Waals surface area contributed by atoms with Gasteiger partial charge in [-0.1, -0.05) is 5.92 Å². The van der Waals surface area contributed by atoms with E-state index in [-0.39, 0.29) is 17.8 Å². The highest BCUT2D eigenvalue weighted by Gasteiger charge is 2.24. The minimum Gasteiger partial charge on any atom is -0.372 e. The standard InChI is InChI=1S/C19H18FN3O2/c1-13-10-23(11-14(2)25-13)19-8-18(20)15(7-16(19)12-24)3-4-17-9-21-5-6-22-17/h5-9,12-14H,10-11H2,1-2H3. The molecule has 1 aliphatic rings. The number of aldehydes is 1. The van der Waals surface area contributed by atoms with Crippen molar-refractivity contribution in [2.24, 2.45) is 0 Å². The van der Waals surface area contributed by atoms with Crippen molar-refractivity contribution in [1.82, 2.24) is 9.97 Å². The van der Waals surface area contributed by atoms with E-state index in [0.29, 0.717) is 30.0 Å². The summed E-state index contributed by atoms with van der Waals surface area (Å²) in [6, 6.07) is 2.85. The summed E-state index contributed by atoms with van der Waals surface area (Å²) in [4.78, 5) is 21.4. The van der Waals surface area contributed by atoms with Gasteiger partial charge in [-0.25, -0.2) is 9.37 Å². The van der Waals surface area contributed by atoms with E-state index in [4.69, 9.17) is 4.74 Å². The molecule has 6 heteroatoms. The number of ether oxygens (including phenoxy) is 1. The topological polar surface area (TPSA) is 55.3 Å². The summed E-state index contributed by atoms with van der Waals surface area (Å²) >= 11 is 0. The van der Waals surface area contributed by atoms with E-state index in [1.54, 1.807) is 0 Å². The number of benzene rings is 1. The first-order valence-electron chi connectivity index (χ1n) is 8.04. The van der Waals surface area contributed by atoms with E-state index in [2.05, 4.69) is 21.8 Å². The third-order valence-electron chi connectivity index (χ3n) is 3.89. The van der Waals surface area contributed by atoms with Crippen molar-refractivity contribution >= 4 is 12.0 Å². The van der Waals surface area contributed by atoms with Gasteiger partial charge in [0.2, 0.25) is 0 Å². The van der Waals surface area contributed by atoms with Gasteiger partial charge in [0.15, 0.2) is 6.29 Å². The van der Waals surface area contributed by atoms with Gasteiger partial charge in [-0.15, -0.1) is 0 Å². The first kappa shape index (κ1) is 17.1. The van der Waals surface area contributed by atoms with Crippen LogP contribution in [0.2, 0.25) is 0 Å². The van der Waals surface area contributed by atoms with Crippen LogP contribution in [0.4, 0.5) is 10.1 Å². The Balaban J connectivity index is 1.94. The van der Waals surface area contributed by atoms with Crippen molar-refractivity contribution in [2.75, 3.05) is 18.0 Å². The molecular formula is C19H18FN3O2. The largest absolute Gasteiger partial charge is 0.372 e. The van der Waals surface area contributed by atoms with E-state index in [9.17, 15) is 9.18 Å². The number of morpholine rings is 1. The Morgan fingerprint density at radius 3 is 2.64 bits per heavy atom. The highest BCUT2D eigenvalue weighted by Crippen LogP contribution is 2.26. The van der Waals surface area contributed by atoms with Gasteiger partial charge in [-0.2, -0.15) is 0 Å². The molecule has 1 saturated heterocycles. The molecule has 1 fully saturated rings. The second-order valence-corrected chi connectivity index (χ2v) is 6.01. The molecule has 0 aliphatic carbocycles. The van der Waals surface area contributed by atoms with Gasteiger partial charge in [-0.3, -0.25) is 9.78 Å². The van der Waals surface area contributed by atoms with E-state index in [1.165, 1.54) is 30.7 Å². The van der Waals surface area contributed by atoms with Gasteiger partial charge < -0.3 is 9.64 Å². The van der Waals surface area contributed by atoms with Crippen LogP contribution < -0.4 is 4.90 Å². The van der Waals surface area contributed by atoms with Gasteiger partial charge in [0.05, 0.1) is 29.7 Å². The fourth-order valence-corrected chi connectivity index (χ4v) is 2.91. The number of carbonyl (C=O) groups excluding carboxylic acids is 1. The van der Waals surface area contributed by atoms with E-state index >= 15 is 0 Å². The minimum absolute atomic E-state index is 0.0161. The minimum atomic E-state index is -0.469. The maximum Gasteiger partial charge on any atom is 0.152 e. The molecule has 0 amide bonds. The number of aromatic nitrogens is 2. The highest BCUT2D eigenvalue weighted by molar-refractivity contribution is 5.85. The van der Waals surface area contributed by atoms with Crippen molar-refractivity contribution in [3.05, 3.63) is 53.4 Å². The Kier molecular flexibility index (Phi) is 5.05. The maximum atomic E-state index is 14.5. The monoisotopic (exact) mass is 339 g/mol. The van der Waals surface area contributed by atoms with Gasteiger partial charge >= 0.3 is 0 Å². The van der Waals surface area contributed by atoms with Crippen LogP contribution in [0.25, 0.3) is 0 Å². The normalized spacial score (nSPS) is 19.9. The molecule has 1 aromatic heterocycles. The molecule has 1 aromatic carbocycles. The first-order valence-corrected chi connectivity index (χ1v) is 8.04. The lowest BCUT2D eigenvalue weighted by molar-refractivity contribution is -0.00527. The summed E-state index contributed by atoms with van der Waals surface area (Å²) in [6.45, 7) is 5.13. The van der Waals surface area contributed by atoms with Gasteiger partial charge in [0.25, 0.3) is 0 Å². The Bertz CT molecular complexity index is 820. The molecule has 0 N–H and O–H groups in total. The molecule has 0 saturated carbocycles. The van der Waals surface area contributed by atoms with Crippen LogP contribution in [0.1, 0.15) is 35.5 Å². The summed E-state index contributed by atoms with van der Waals surface area (Å²) < 4.78 is 20.2. The third-order valence-corrected chi connectivity index (χ3v) is 3.89. The van der Waals surface area contributed by atoms with Gasteiger partial charge in [0, 0.05) is 31.0 Å². The number of hydrogen-bond acceptors (Lipinski definition) is 5. The van der Waals surface area contributed by atoms with Gasteiger partial charge in [0.1, 0.15) is 11.5 Å². The van der Waals surface area contributed by atoms with Crippen molar-refractivity contribution in [1.29, 1.82) is 0 Å². The lowest BCUT2D eigenvalue weighted by Crippen LogP contribution is -2.45. The molecule has 2 unspecified atom stereocenters. The fourth-order valence-electron chi connectivity index (χ4n) is 2.91. The first-order chi connectivity index (χ1) is 12.1. The third kappa shape index (κ3) is 4.01. The SMILES string of the molecule is CC1CN(c2cc(F)c(C#Cc3cnccn3)cc2C=O)CC(C)O1. The quantitative estimate of drug-likeness (QED) is 0.621. The molecule has 0 bridgehead atoms. The molecular weight excluding hydrogens is 321 g/mol. The Hall–Kier alpha value is -2.78. The number of halogens is 1. The summed E-state index contributed by atoms with van der Waals surface area (Å²) in [5.74, 6) is 5.01. The van der Waals surface area contributed by atoms with Crippen molar-refractivity contribution in [3.63, 3.8) is 0 Å². The second-order valence-electron chi connectivity index (χ2n) is 6.01. The lowest BCUT2D eigenvalue weighted by atomic mass is 10.1. The van der Waals surface area contributed by atoms with Gasteiger partial charge in [-0.05, 0) is 31.9 Å². The van der Waals surface area contributed by atoms with Crippen molar-refractivity contribution in [2.45, 2.75) is 26.1 Å². The summed E-state index contributed by atoms with van der Waals surface area (Å²) in [6.07, 6.45) is 5.31. The number of hydrogen-bond donors (Lipinski definition) is 0. The zero-order chi connectivity index (χ0) is 17.8. The Labute approximate surface area is 145 Å². The second kappa shape index (κ2) is 7.41. The predicted molar refractivity (Wildman–Crippen MR) is 92.0 cm³/mol. The molecule has 128 valence electrons. The summed E-state index contributed by atoms with van der Waals surface area (Å²) in [7, 11) is 0. The molecule has 1 aliphatic heterocycles. The molecule has 3 rings (SSSR count). The van der Waals surface area contributed by atoms with Crippen LogP contribution in [-0.4, -0.2) is 41.6 Å². The summed E-state index contributed by atoms with van der Waals surface area (Å²) in [5.41, 5.74) is 1.58. The lowest BCUT2D eigenvalue weighted by Gasteiger charge is -2.37. The zero-order valence-electron chi connectivity index (χ0n) is 14.1. The van der Waals surface area contributed by atoms with Crippen LogP contribution in [-0.2, 0) is 4.74 Å². The number of nitrogens with zero attached hydrogens (tertiary/aromatic N) is 3. The van der Waals surface area contributed by atoms with Crippen LogP contribution in [0, 0.1) is 17.7 Å². The molecule has 25 heavy (non-hydrogen) atoms. The fraction of sp³-hybridized carbons (Fsp3) is 0.316. The number of carbonyl (C=O) groups is 1. The molecule has 5 nitrogen and oxygen atoms in total. The summed E-state index contributed by atoms with van der Waals surface area (Å²) in [5, 5.41) is 0. The van der Waals surface area contributed by atoms with Crippen LogP contribution in [0.3, 0.4) is 0 Å². The van der Waals surface area contributed by atoms with Crippen LogP contribution in [0.15, 0.2) is 30.7 Å². The van der Waals surface area contributed by atoms with E-state index in [1.807, 2.05) is 18.7 Å². The molecule has 2 heterocycles. The van der Waals surface area contributed by atoms with E-state index < -0.39 is 5.82 Å². The highest BCUT2D eigenvalue weighted by atomic mass is 19.1. The van der Waals surface area contributed by atoms with Crippen LogP contribution in [0.5, 0.6) is 0 Å². The number of anilines is 1. The Morgan fingerprint density at radius 1 is 1.24 bits per heavy atom. The molecule has 2 aromatic rings. The predicted octanol–water partition coefficient (Wildman–Crippen LogP) is 2.44. The number of rotatable bonds is 2. The van der Waals surface area contributed by atoms with Crippen molar-refractivity contribution < 1.29 is 13.9 Å². The molecule has 0 radical (unpaired) electrons. The molecule has 0 spiro atoms. The van der Waals surface area contributed by atoms with Crippen LogP contribution >= 0.6 is 0 Å². The maximum absolute atomic E-state index is 14.5. The van der Waals surface area contributed by atoms with E-state index in [0.717, 1.165) is 6.29 Å².